The maximum absolute atomic E-state index is 11.6. The minimum absolute atomic E-state index is 0.0255. The van der Waals surface area contributed by atoms with Gasteiger partial charge in [-0.3, -0.25) is 9.48 Å². The van der Waals surface area contributed by atoms with Crippen molar-refractivity contribution in [1.82, 2.24) is 15.1 Å². The number of nitrogens with one attached hydrogen (secondary N) is 1. The van der Waals surface area contributed by atoms with Crippen molar-refractivity contribution in [2.75, 3.05) is 7.11 Å². The fourth-order valence-corrected chi connectivity index (χ4v) is 2.97. The van der Waals surface area contributed by atoms with E-state index in [1.165, 1.54) is 7.11 Å². The smallest absolute Gasteiger partial charge is 0.307 e. The van der Waals surface area contributed by atoms with Gasteiger partial charge >= 0.3 is 5.97 Å². The summed E-state index contributed by atoms with van der Waals surface area (Å²) in [7, 11) is 1.42. The molecule has 1 N–H and O–H groups in total. The van der Waals surface area contributed by atoms with Crippen LogP contribution in [0.3, 0.4) is 0 Å². The summed E-state index contributed by atoms with van der Waals surface area (Å²) < 4.78 is 6.78. The first-order chi connectivity index (χ1) is 10.2. The van der Waals surface area contributed by atoms with Gasteiger partial charge < -0.3 is 10.1 Å². The van der Waals surface area contributed by atoms with Gasteiger partial charge in [-0.1, -0.05) is 13.0 Å². The van der Waals surface area contributed by atoms with Crippen LogP contribution in [0.25, 0.3) is 0 Å². The highest BCUT2D eigenvalue weighted by Crippen LogP contribution is 2.23. The van der Waals surface area contributed by atoms with Crippen LogP contribution in [0.4, 0.5) is 0 Å². The van der Waals surface area contributed by atoms with Crippen LogP contribution in [0.15, 0.2) is 29.8 Å². The van der Waals surface area contributed by atoms with Gasteiger partial charge in [-0.25, -0.2) is 0 Å². The first-order valence-corrected chi connectivity index (χ1v) is 7.96. The molecule has 2 heterocycles. The van der Waals surface area contributed by atoms with Crippen LogP contribution < -0.4 is 5.32 Å². The molecule has 0 aromatic carbocycles. The Morgan fingerprint density at radius 3 is 3.05 bits per heavy atom. The molecule has 0 amide bonds. The van der Waals surface area contributed by atoms with E-state index in [1.54, 1.807) is 11.3 Å². The molecular weight excluding hydrogens is 286 g/mol. The quantitative estimate of drug-likeness (QED) is 0.762. The van der Waals surface area contributed by atoms with E-state index in [-0.39, 0.29) is 12.0 Å². The zero-order chi connectivity index (χ0) is 15.1. The highest BCUT2D eigenvalue weighted by molar-refractivity contribution is 7.10. The Morgan fingerprint density at radius 2 is 2.38 bits per heavy atom. The Balaban J connectivity index is 2.01. The number of esters is 1. The Bertz CT molecular complexity index is 551. The second kappa shape index (κ2) is 7.95. The number of carbonyl (C=O) groups is 1. The van der Waals surface area contributed by atoms with Crippen LogP contribution >= 0.6 is 11.3 Å². The van der Waals surface area contributed by atoms with E-state index in [2.05, 4.69) is 17.3 Å². The zero-order valence-corrected chi connectivity index (χ0v) is 13.2. The van der Waals surface area contributed by atoms with Crippen molar-refractivity contribution in [3.63, 3.8) is 0 Å². The second-order valence-electron chi connectivity index (χ2n) is 4.77. The van der Waals surface area contributed by atoms with E-state index in [0.717, 1.165) is 23.5 Å². The Kier molecular flexibility index (Phi) is 5.95. The van der Waals surface area contributed by atoms with Crippen molar-refractivity contribution in [3.05, 3.63) is 40.3 Å². The number of rotatable bonds is 8. The Hall–Kier alpha value is -1.66. The number of nitrogens with zero attached hydrogens (tertiary/aromatic N) is 2. The van der Waals surface area contributed by atoms with Crippen molar-refractivity contribution in [3.8, 4) is 0 Å². The lowest BCUT2D eigenvalue weighted by Crippen LogP contribution is -2.24. The van der Waals surface area contributed by atoms with Crippen LogP contribution in [-0.2, 0) is 22.6 Å². The molecule has 1 unspecified atom stereocenters. The lowest BCUT2D eigenvalue weighted by Gasteiger charge is -2.17. The van der Waals surface area contributed by atoms with E-state index >= 15 is 0 Å². The van der Waals surface area contributed by atoms with Gasteiger partial charge in [0.2, 0.25) is 0 Å². The molecule has 0 fully saturated rings. The molecule has 114 valence electrons. The first-order valence-electron chi connectivity index (χ1n) is 7.09. The summed E-state index contributed by atoms with van der Waals surface area (Å²) in [5.41, 5.74) is 1.13. The number of aryl methyl sites for hydroxylation is 1. The number of hydrogen-bond acceptors (Lipinski definition) is 5. The van der Waals surface area contributed by atoms with Crippen LogP contribution in [0.2, 0.25) is 0 Å². The molecule has 2 aromatic rings. The van der Waals surface area contributed by atoms with Crippen molar-refractivity contribution < 1.29 is 9.53 Å². The largest absolute Gasteiger partial charge is 0.469 e. The average Bonchev–Trinajstić information content (AvgIpc) is 3.15. The maximum Gasteiger partial charge on any atom is 0.307 e. The number of ether oxygens (including phenoxy) is 1. The van der Waals surface area contributed by atoms with Crippen molar-refractivity contribution in [2.24, 2.45) is 0 Å². The third-order valence-corrected chi connectivity index (χ3v) is 4.24. The van der Waals surface area contributed by atoms with Gasteiger partial charge in [0.15, 0.2) is 0 Å². The predicted octanol–water partition coefficient (Wildman–Crippen LogP) is 2.75. The van der Waals surface area contributed by atoms with Crippen LogP contribution in [0, 0.1) is 0 Å². The summed E-state index contributed by atoms with van der Waals surface area (Å²) >= 11 is 1.64. The number of aromatic nitrogens is 2. The van der Waals surface area contributed by atoms with Crippen molar-refractivity contribution in [2.45, 2.75) is 38.9 Å². The Labute approximate surface area is 128 Å². The molecule has 2 aromatic heterocycles. The van der Waals surface area contributed by atoms with Gasteiger partial charge in [0.1, 0.15) is 0 Å². The third kappa shape index (κ3) is 4.41. The summed E-state index contributed by atoms with van der Waals surface area (Å²) in [6.07, 6.45) is 3.19. The molecule has 0 spiro atoms. The van der Waals surface area contributed by atoms with Crippen LogP contribution in [-0.4, -0.2) is 22.9 Å². The van der Waals surface area contributed by atoms with E-state index in [1.807, 2.05) is 34.5 Å². The molecule has 21 heavy (non-hydrogen) atoms. The number of hydrogen-bond donors (Lipinski definition) is 1. The fraction of sp³-hybridized carbons (Fsp3) is 0.467. The van der Waals surface area contributed by atoms with Crippen LogP contribution in [0.5, 0.6) is 0 Å². The lowest BCUT2D eigenvalue weighted by atomic mass is 10.1. The summed E-state index contributed by atoms with van der Waals surface area (Å²) in [6, 6.07) is 6.01. The molecule has 6 heteroatoms. The van der Waals surface area contributed by atoms with Gasteiger partial charge in [0.05, 0.1) is 25.3 Å². The van der Waals surface area contributed by atoms with Gasteiger partial charge in [-0.15, -0.1) is 11.3 Å². The van der Waals surface area contributed by atoms with Gasteiger partial charge in [-0.05, 0) is 23.9 Å². The average molecular weight is 307 g/mol. The van der Waals surface area contributed by atoms with E-state index in [4.69, 9.17) is 4.74 Å². The van der Waals surface area contributed by atoms with E-state index in [0.29, 0.717) is 13.0 Å². The first kappa shape index (κ1) is 15.7. The van der Waals surface area contributed by atoms with Gasteiger partial charge in [-0.2, -0.15) is 5.10 Å². The molecule has 0 aliphatic rings. The number of carbonyl (C=O) groups excluding carboxylic acids is 1. The monoisotopic (exact) mass is 307 g/mol. The summed E-state index contributed by atoms with van der Waals surface area (Å²) in [6.45, 7) is 3.72. The van der Waals surface area contributed by atoms with E-state index < -0.39 is 0 Å². The molecule has 0 saturated carbocycles. The SMILES string of the molecule is CCCn1nccc1CNC(CC(=O)OC)c1cccs1. The molecule has 0 radical (unpaired) electrons. The predicted molar refractivity (Wildman–Crippen MR) is 83.1 cm³/mol. The molecule has 0 saturated heterocycles. The van der Waals surface area contributed by atoms with Crippen molar-refractivity contribution in [1.29, 1.82) is 0 Å². The lowest BCUT2D eigenvalue weighted by molar-refractivity contribution is -0.141. The highest BCUT2D eigenvalue weighted by atomic mass is 32.1. The summed E-state index contributed by atoms with van der Waals surface area (Å²) in [5.74, 6) is -0.206. The van der Waals surface area contributed by atoms with Crippen LogP contribution in [0.1, 0.15) is 36.4 Å². The van der Waals surface area contributed by atoms with Crippen molar-refractivity contribution >= 4 is 17.3 Å². The van der Waals surface area contributed by atoms with Gasteiger partial charge in [0.25, 0.3) is 0 Å². The maximum atomic E-state index is 11.6. The van der Waals surface area contributed by atoms with E-state index in [9.17, 15) is 4.79 Å². The topological polar surface area (TPSA) is 56.2 Å². The molecule has 1 atom stereocenters. The third-order valence-electron chi connectivity index (χ3n) is 3.25. The fourth-order valence-electron chi connectivity index (χ4n) is 2.16. The molecule has 0 bridgehead atoms. The summed E-state index contributed by atoms with van der Waals surface area (Å²) in [5, 5.41) is 9.77. The molecule has 2 rings (SSSR count). The molecular formula is C15H21N3O2S. The molecule has 0 aliphatic carbocycles. The zero-order valence-electron chi connectivity index (χ0n) is 12.4. The molecule has 5 nitrogen and oxygen atoms in total. The van der Waals surface area contributed by atoms with Gasteiger partial charge in [0, 0.05) is 24.2 Å². The Morgan fingerprint density at radius 1 is 1.52 bits per heavy atom. The highest BCUT2D eigenvalue weighted by Gasteiger charge is 2.17. The minimum atomic E-state index is -0.206. The molecule has 0 aliphatic heterocycles. The second-order valence-corrected chi connectivity index (χ2v) is 5.75. The number of thiophene rings is 1. The normalized spacial score (nSPS) is 12.3. The number of methoxy groups -OCH3 is 1. The minimum Gasteiger partial charge on any atom is -0.469 e. The summed E-state index contributed by atoms with van der Waals surface area (Å²) in [4.78, 5) is 12.7. The standard InChI is InChI=1S/C15H21N3O2S/c1-3-8-18-12(6-7-17-18)11-16-13(10-15(19)20-2)14-5-4-9-21-14/h4-7,9,13,16H,3,8,10-11H2,1-2H3.